The van der Waals surface area contributed by atoms with Crippen molar-refractivity contribution < 1.29 is 15.0 Å². The molecule has 3 heteroatoms. The van der Waals surface area contributed by atoms with Gasteiger partial charge in [-0.05, 0) is 55.9 Å². The highest BCUT2D eigenvalue weighted by atomic mass is 16.4. The Morgan fingerprint density at radius 1 is 1.18 bits per heavy atom. The van der Waals surface area contributed by atoms with Gasteiger partial charge in [0.25, 0.3) is 0 Å². The van der Waals surface area contributed by atoms with Crippen LogP contribution in [0.3, 0.4) is 0 Å². The number of carboxylic acids is 1. The monoisotopic (exact) mass is 302 g/mol. The molecule has 0 radical (unpaired) electrons. The predicted molar refractivity (Wildman–Crippen MR) is 87.8 cm³/mol. The normalized spacial score (nSPS) is 25.4. The molecule has 1 saturated carbocycles. The van der Waals surface area contributed by atoms with Gasteiger partial charge in [0.05, 0.1) is 6.10 Å². The van der Waals surface area contributed by atoms with Crippen LogP contribution in [0.1, 0.15) is 56.4 Å². The van der Waals surface area contributed by atoms with Crippen LogP contribution in [-0.2, 0) is 4.79 Å². The number of rotatable bonds is 7. The molecule has 22 heavy (non-hydrogen) atoms. The fourth-order valence-corrected chi connectivity index (χ4v) is 3.36. The van der Waals surface area contributed by atoms with Crippen molar-refractivity contribution in [3.05, 3.63) is 48.0 Å². The first-order valence-electron chi connectivity index (χ1n) is 8.26. The molecule has 1 fully saturated rings. The number of aliphatic carboxylic acids is 1. The Balaban J connectivity index is 1.87. The average molecular weight is 302 g/mol. The van der Waals surface area contributed by atoms with Crippen molar-refractivity contribution in [1.82, 2.24) is 0 Å². The number of unbranched alkanes of at least 4 members (excludes halogenated alkanes) is 1. The molecule has 1 aromatic rings. The van der Waals surface area contributed by atoms with Gasteiger partial charge in [-0.1, -0.05) is 42.5 Å². The minimum Gasteiger partial charge on any atom is -0.481 e. The molecule has 0 aromatic heterocycles. The summed E-state index contributed by atoms with van der Waals surface area (Å²) in [6.45, 7) is 0. The predicted octanol–water partition coefficient (Wildman–Crippen LogP) is 4.13. The fourth-order valence-electron chi connectivity index (χ4n) is 3.36. The second-order valence-corrected chi connectivity index (χ2v) is 6.24. The van der Waals surface area contributed by atoms with E-state index in [0.717, 1.165) is 32.1 Å². The van der Waals surface area contributed by atoms with E-state index in [9.17, 15) is 9.90 Å². The van der Waals surface area contributed by atoms with Crippen molar-refractivity contribution in [2.45, 2.75) is 57.0 Å². The maximum atomic E-state index is 10.5. The van der Waals surface area contributed by atoms with Crippen LogP contribution in [0.25, 0.3) is 0 Å². The van der Waals surface area contributed by atoms with Gasteiger partial charge < -0.3 is 10.2 Å². The molecule has 1 aliphatic carbocycles. The zero-order valence-corrected chi connectivity index (χ0v) is 13.0. The molecule has 0 amide bonds. The van der Waals surface area contributed by atoms with Crippen LogP contribution < -0.4 is 0 Å². The zero-order valence-electron chi connectivity index (χ0n) is 13.0. The molecule has 0 heterocycles. The summed E-state index contributed by atoms with van der Waals surface area (Å²) in [7, 11) is 0. The highest BCUT2D eigenvalue weighted by Crippen LogP contribution is 2.39. The Hall–Kier alpha value is -1.61. The van der Waals surface area contributed by atoms with Crippen LogP contribution in [0.4, 0.5) is 0 Å². The first kappa shape index (κ1) is 16.8. The van der Waals surface area contributed by atoms with E-state index in [4.69, 9.17) is 5.11 Å². The SMILES string of the molecule is O=C(O)CCC/C=C\CC1CCC(O)CC1c1ccccc1. The average Bonchev–Trinajstić information content (AvgIpc) is 2.52. The van der Waals surface area contributed by atoms with Crippen LogP contribution in [0.2, 0.25) is 0 Å². The molecule has 1 aliphatic rings. The van der Waals surface area contributed by atoms with E-state index >= 15 is 0 Å². The maximum Gasteiger partial charge on any atom is 0.303 e. The number of aliphatic hydroxyl groups is 1. The summed E-state index contributed by atoms with van der Waals surface area (Å²) in [6.07, 6.45) is 9.71. The number of hydrogen-bond donors (Lipinski definition) is 2. The lowest BCUT2D eigenvalue weighted by Crippen LogP contribution is -2.26. The van der Waals surface area contributed by atoms with Gasteiger partial charge in [0.1, 0.15) is 0 Å². The first-order valence-corrected chi connectivity index (χ1v) is 8.26. The van der Waals surface area contributed by atoms with E-state index < -0.39 is 5.97 Å². The summed E-state index contributed by atoms with van der Waals surface area (Å²) in [6, 6.07) is 10.5. The minimum absolute atomic E-state index is 0.180. The summed E-state index contributed by atoms with van der Waals surface area (Å²) in [4.78, 5) is 10.5. The van der Waals surface area contributed by atoms with E-state index in [1.807, 2.05) is 6.07 Å². The van der Waals surface area contributed by atoms with Gasteiger partial charge in [-0.3, -0.25) is 4.79 Å². The highest BCUT2D eigenvalue weighted by Gasteiger charge is 2.29. The standard InChI is InChI=1S/C19H26O3/c20-17-13-12-16(10-4-1-2-7-11-19(21)22)18(14-17)15-8-5-3-6-9-15/h1,3-6,8-9,16-18,20H,2,7,10-14H2,(H,21,22)/b4-1-. The fraction of sp³-hybridized carbons (Fsp3) is 0.526. The zero-order chi connectivity index (χ0) is 15.8. The van der Waals surface area contributed by atoms with Gasteiger partial charge in [-0.25, -0.2) is 0 Å². The molecular weight excluding hydrogens is 276 g/mol. The summed E-state index contributed by atoms with van der Waals surface area (Å²) < 4.78 is 0. The second kappa shape index (κ2) is 8.74. The van der Waals surface area contributed by atoms with E-state index in [1.165, 1.54) is 5.56 Å². The smallest absolute Gasteiger partial charge is 0.303 e. The maximum absolute atomic E-state index is 10.5. The molecule has 3 nitrogen and oxygen atoms in total. The molecule has 2 N–H and O–H groups in total. The number of benzene rings is 1. The Kier molecular flexibility index (Phi) is 6.66. The number of carbonyl (C=O) groups is 1. The number of aliphatic hydroxyl groups excluding tert-OH is 1. The Bertz CT molecular complexity index is 481. The van der Waals surface area contributed by atoms with Crippen LogP contribution in [0.15, 0.2) is 42.5 Å². The Morgan fingerprint density at radius 2 is 1.95 bits per heavy atom. The van der Waals surface area contributed by atoms with E-state index in [-0.39, 0.29) is 12.5 Å². The van der Waals surface area contributed by atoms with Crippen LogP contribution in [0.5, 0.6) is 0 Å². The van der Waals surface area contributed by atoms with E-state index in [1.54, 1.807) is 0 Å². The summed E-state index contributed by atoms with van der Waals surface area (Å²) in [5.74, 6) is 0.272. The molecule has 3 atom stereocenters. The molecule has 0 bridgehead atoms. The van der Waals surface area contributed by atoms with E-state index in [0.29, 0.717) is 18.3 Å². The third-order valence-electron chi connectivity index (χ3n) is 4.56. The lowest BCUT2D eigenvalue weighted by Gasteiger charge is -2.34. The van der Waals surface area contributed by atoms with Gasteiger partial charge >= 0.3 is 5.97 Å². The molecule has 120 valence electrons. The van der Waals surface area contributed by atoms with Crippen molar-refractivity contribution in [3.63, 3.8) is 0 Å². The highest BCUT2D eigenvalue weighted by molar-refractivity contribution is 5.66. The van der Waals surface area contributed by atoms with Crippen molar-refractivity contribution in [2.75, 3.05) is 0 Å². The molecule has 0 spiro atoms. The van der Waals surface area contributed by atoms with Gasteiger partial charge in [0.15, 0.2) is 0 Å². The summed E-state index contributed by atoms with van der Waals surface area (Å²) in [5.41, 5.74) is 1.32. The lowest BCUT2D eigenvalue weighted by atomic mass is 9.73. The van der Waals surface area contributed by atoms with Crippen LogP contribution in [-0.4, -0.2) is 22.3 Å². The van der Waals surface area contributed by atoms with E-state index in [2.05, 4.69) is 36.4 Å². The van der Waals surface area contributed by atoms with Crippen LogP contribution >= 0.6 is 0 Å². The second-order valence-electron chi connectivity index (χ2n) is 6.24. The molecule has 3 unspecified atom stereocenters. The molecule has 1 aromatic carbocycles. The molecule has 0 saturated heterocycles. The quantitative estimate of drug-likeness (QED) is 0.588. The van der Waals surface area contributed by atoms with Gasteiger partial charge in [0.2, 0.25) is 0 Å². The van der Waals surface area contributed by atoms with Gasteiger partial charge in [-0.2, -0.15) is 0 Å². The van der Waals surface area contributed by atoms with Crippen molar-refractivity contribution >= 4 is 5.97 Å². The third-order valence-corrected chi connectivity index (χ3v) is 4.56. The number of hydrogen-bond acceptors (Lipinski definition) is 2. The van der Waals surface area contributed by atoms with Crippen LogP contribution in [0, 0.1) is 5.92 Å². The summed E-state index contributed by atoms with van der Waals surface area (Å²) >= 11 is 0. The molecular formula is C19H26O3. The largest absolute Gasteiger partial charge is 0.481 e. The van der Waals surface area contributed by atoms with Crippen molar-refractivity contribution in [1.29, 1.82) is 0 Å². The summed E-state index contributed by atoms with van der Waals surface area (Å²) in [5, 5.41) is 18.6. The first-order chi connectivity index (χ1) is 10.7. The van der Waals surface area contributed by atoms with Crippen molar-refractivity contribution in [3.8, 4) is 0 Å². The van der Waals surface area contributed by atoms with Gasteiger partial charge in [-0.15, -0.1) is 0 Å². The third kappa shape index (κ3) is 5.30. The topological polar surface area (TPSA) is 57.5 Å². The lowest BCUT2D eigenvalue weighted by molar-refractivity contribution is -0.137. The minimum atomic E-state index is -0.723. The molecule has 0 aliphatic heterocycles. The Labute approximate surface area is 132 Å². The molecule has 2 rings (SSSR count). The van der Waals surface area contributed by atoms with Gasteiger partial charge in [0, 0.05) is 6.42 Å². The number of carboxylic acid groups (broad SMARTS) is 1. The Morgan fingerprint density at radius 3 is 2.68 bits per heavy atom. The van der Waals surface area contributed by atoms with Crippen molar-refractivity contribution in [2.24, 2.45) is 5.92 Å². The number of allylic oxidation sites excluding steroid dienone is 2.